The first-order valence-electron chi connectivity index (χ1n) is 7.17. The minimum atomic E-state index is 0. The molecule has 2 rings (SSSR count). The van der Waals surface area contributed by atoms with Crippen molar-refractivity contribution < 1.29 is 0 Å². The maximum atomic E-state index is 6.17. The van der Waals surface area contributed by atoms with Crippen LogP contribution in [0.5, 0.6) is 0 Å². The Hall–Kier alpha value is -0.220. The van der Waals surface area contributed by atoms with E-state index in [1.54, 1.807) is 0 Å². The fourth-order valence-electron chi connectivity index (χ4n) is 2.63. The molecular formula is C16H27ClN2S. The molecule has 0 spiro atoms. The van der Waals surface area contributed by atoms with E-state index < -0.39 is 0 Å². The Morgan fingerprint density at radius 3 is 2.65 bits per heavy atom. The van der Waals surface area contributed by atoms with Crippen LogP contribution in [0.2, 0.25) is 0 Å². The molecule has 0 bridgehead atoms. The van der Waals surface area contributed by atoms with Gasteiger partial charge in [-0.3, -0.25) is 0 Å². The van der Waals surface area contributed by atoms with Crippen LogP contribution in [0.15, 0.2) is 30.3 Å². The second-order valence-corrected chi connectivity index (χ2v) is 7.30. The van der Waals surface area contributed by atoms with Gasteiger partial charge in [-0.1, -0.05) is 44.2 Å². The van der Waals surface area contributed by atoms with E-state index in [9.17, 15) is 0 Å². The average molecular weight is 315 g/mol. The molecule has 1 aromatic rings. The van der Waals surface area contributed by atoms with Crippen LogP contribution >= 0.6 is 24.2 Å². The van der Waals surface area contributed by atoms with Gasteiger partial charge in [0, 0.05) is 30.6 Å². The highest BCUT2D eigenvalue weighted by molar-refractivity contribution is 7.98. The van der Waals surface area contributed by atoms with Crippen LogP contribution in [-0.4, -0.2) is 36.3 Å². The normalized spacial score (nSPS) is 22.2. The molecule has 1 aromatic carbocycles. The Balaban J connectivity index is 0.00000200. The van der Waals surface area contributed by atoms with Gasteiger partial charge in [0.15, 0.2) is 0 Å². The molecule has 1 aliphatic rings. The van der Waals surface area contributed by atoms with Crippen LogP contribution in [0.4, 0.5) is 0 Å². The molecule has 2 N–H and O–H groups in total. The fraction of sp³-hybridized carbons (Fsp3) is 0.625. The van der Waals surface area contributed by atoms with Gasteiger partial charge in [-0.25, -0.2) is 0 Å². The lowest BCUT2D eigenvalue weighted by molar-refractivity contribution is 0.101. The van der Waals surface area contributed by atoms with Crippen molar-refractivity contribution in [1.82, 2.24) is 4.90 Å². The van der Waals surface area contributed by atoms with Gasteiger partial charge in [0.25, 0.3) is 0 Å². The van der Waals surface area contributed by atoms with Gasteiger partial charge in [-0.05, 0) is 23.9 Å². The highest BCUT2D eigenvalue weighted by atomic mass is 35.5. The zero-order valence-electron chi connectivity index (χ0n) is 12.5. The minimum Gasteiger partial charge on any atom is -0.327 e. The van der Waals surface area contributed by atoms with E-state index in [-0.39, 0.29) is 17.8 Å². The molecule has 1 unspecified atom stereocenters. The number of benzene rings is 1. The molecule has 2 nitrogen and oxygen atoms in total. The fourth-order valence-corrected chi connectivity index (χ4v) is 3.59. The molecule has 0 aliphatic carbocycles. The van der Waals surface area contributed by atoms with Gasteiger partial charge in [0.05, 0.1) is 0 Å². The van der Waals surface area contributed by atoms with Crippen molar-refractivity contribution in [3.05, 3.63) is 35.9 Å². The lowest BCUT2D eigenvalue weighted by atomic mass is 9.80. The predicted octanol–water partition coefficient (Wildman–Crippen LogP) is 3.40. The molecule has 0 saturated carbocycles. The third kappa shape index (κ3) is 5.28. The zero-order valence-corrected chi connectivity index (χ0v) is 14.2. The minimum absolute atomic E-state index is 0. The number of thioether (sulfide) groups is 1. The lowest BCUT2D eigenvalue weighted by Crippen LogP contribution is -2.52. The van der Waals surface area contributed by atoms with Crippen LogP contribution < -0.4 is 5.73 Å². The number of nitrogens with zero attached hydrogens (tertiary/aromatic N) is 1. The van der Waals surface area contributed by atoms with Crippen molar-refractivity contribution in [3.8, 4) is 0 Å². The summed E-state index contributed by atoms with van der Waals surface area (Å²) in [5.41, 5.74) is 7.86. The van der Waals surface area contributed by atoms with Crippen molar-refractivity contribution in [2.24, 2.45) is 11.1 Å². The van der Waals surface area contributed by atoms with Crippen LogP contribution in [0.3, 0.4) is 0 Å². The van der Waals surface area contributed by atoms with Crippen molar-refractivity contribution in [2.75, 3.05) is 25.4 Å². The quantitative estimate of drug-likeness (QED) is 0.845. The summed E-state index contributed by atoms with van der Waals surface area (Å²) in [4.78, 5) is 2.57. The Morgan fingerprint density at radius 2 is 2.00 bits per heavy atom. The van der Waals surface area contributed by atoms with Crippen molar-refractivity contribution in [1.29, 1.82) is 0 Å². The molecule has 1 saturated heterocycles. The zero-order chi connectivity index (χ0) is 13.7. The maximum Gasteiger partial charge on any atom is 0.0185 e. The third-order valence-electron chi connectivity index (χ3n) is 4.05. The first-order chi connectivity index (χ1) is 9.08. The summed E-state index contributed by atoms with van der Waals surface area (Å²) in [5, 5.41) is 0. The third-order valence-corrected chi connectivity index (χ3v) is 5.06. The van der Waals surface area contributed by atoms with E-state index in [2.05, 4.69) is 49.1 Å². The van der Waals surface area contributed by atoms with E-state index in [1.807, 2.05) is 11.8 Å². The van der Waals surface area contributed by atoms with Gasteiger partial charge < -0.3 is 10.6 Å². The Labute approximate surface area is 133 Å². The molecule has 1 aliphatic heterocycles. The first-order valence-corrected chi connectivity index (χ1v) is 8.33. The van der Waals surface area contributed by atoms with Gasteiger partial charge in [-0.2, -0.15) is 11.8 Å². The topological polar surface area (TPSA) is 29.3 Å². The SMILES string of the molecule is CC1(C)CN(CCSCc2ccccc2)CCC1N.Cl. The summed E-state index contributed by atoms with van der Waals surface area (Å²) in [6, 6.07) is 11.1. The van der Waals surface area contributed by atoms with Gasteiger partial charge in [0.1, 0.15) is 0 Å². The monoisotopic (exact) mass is 314 g/mol. The summed E-state index contributed by atoms with van der Waals surface area (Å²) in [6.45, 7) is 8.08. The Kier molecular flexibility index (Phi) is 7.38. The average Bonchev–Trinajstić information content (AvgIpc) is 2.40. The molecule has 114 valence electrons. The molecule has 0 amide bonds. The van der Waals surface area contributed by atoms with Gasteiger partial charge >= 0.3 is 0 Å². The van der Waals surface area contributed by atoms with Gasteiger partial charge in [0.2, 0.25) is 0 Å². The number of piperidine rings is 1. The molecule has 0 aromatic heterocycles. The van der Waals surface area contributed by atoms with Crippen molar-refractivity contribution >= 4 is 24.2 Å². The highest BCUT2D eigenvalue weighted by Crippen LogP contribution is 2.27. The predicted molar refractivity (Wildman–Crippen MR) is 92.7 cm³/mol. The standard InChI is InChI=1S/C16H26N2S.ClH/c1-16(2)13-18(9-8-15(16)17)10-11-19-12-14-6-4-3-5-7-14;/h3-7,15H,8-13,17H2,1-2H3;1H. The lowest BCUT2D eigenvalue weighted by Gasteiger charge is -2.42. The second-order valence-electron chi connectivity index (χ2n) is 6.20. The summed E-state index contributed by atoms with van der Waals surface area (Å²) >= 11 is 2.03. The number of likely N-dealkylation sites (tertiary alicyclic amines) is 1. The number of rotatable bonds is 5. The number of hydrogen-bond acceptors (Lipinski definition) is 3. The number of nitrogens with two attached hydrogens (primary N) is 1. The first kappa shape index (κ1) is 17.8. The van der Waals surface area contributed by atoms with Gasteiger partial charge in [-0.15, -0.1) is 12.4 Å². The van der Waals surface area contributed by atoms with Crippen molar-refractivity contribution in [3.63, 3.8) is 0 Å². The van der Waals surface area contributed by atoms with E-state index >= 15 is 0 Å². The highest BCUT2D eigenvalue weighted by Gasteiger charge is 2.32. The number of hydrogen-bond donors (Lipinski definition) is 1. The molecule has 20 heavy (non-hydrogen) atoms. The summed E-state index contributed by atoms with van der Waals surface area (Å²) in [5.74, 6) is 2.33. The second kappa shape index (κ2) is 8.28. The molecular weight excluding hydrogens is 288 g/mol. The Bertz CT molecular complexity index is 383. The van der Waals surface area contributed by atoms with Crippen molar-refractivity contribution in [2.45, 2.75) is 32.1 Å². The smallest absolute Gasteiger partial charge is 0.0185 e. The van der Waals surface area contributed by atoms with Crippen LogP contribution in [0.25, 0.3) is 0 Å². The Morgan fingerprint density at radius 1 is 1.30 bits per heavy atom. The largest absolute Gasteiger partial charge is 0.327 e. The molecule has 1 heterocycles. The van der Waals surface area contributed by atoms with Crippen LogP contribution in [0.1, 0.15) is 25.8 Å². The van der Waals surface area contributed by atoms with E-state index in [4.69, 9.17) is 5.73 Å². The number of halogens is 1. The van der Waals surface area contributed by atoms with E-state index in [1.165, 1.54) is 17.9 Å². The van der Waals surface area contributed by atoms with E-state index in [0.717, 1.165) is 25.3 Å². The van der Waals surface area contributed by atoms with Crippen LogP contribution in [-0.2, 0) is 5.75 Å². The summed E-state index contributed by atoms with van der Waals surface area (Å²) < 4.78 is 0. The molecule has 4 heteroatoms. The van der Waals surface area contributed by atoms with E-state index in [0.29, 0.717) is 6.04 Å². The molecule has 0 radical (unpaired) electrons. The molecule has 1 atom stereocenters. The van der Waals surface area contributed by atoms with Crippen LogP contribution in [0, 0.1) is 5.41 Å². The maximum absolute atomic E-state index is 6.17. The summed E-state index contributed by atoms with van der Waals surface area (Å²) in [6.07, 6.45) is 1.14. The summed E-state index contributed by atoms with van der Waals surface area (Å²) in [7, 11) is 0. The molecule has 1 fully saturated rings.